The lowest BCUT2D eigenvalue weighted by atomic mass is 10.2. The largest absolute Gasteiger partial charge is 0.490 e. The minimum atomic E-state index is -0.407. The second-order valence-electron chi connectivity index (χ2n) is 6.68. The Bertz CT molecular complexity index is 778. The first-order valence-electron chi connectivity index (χ1n) is 9.57. The highest BCUT2D eigenvalue weighted by Gasteiger charge is 2.13. The average molecular weight is 374 g/mol. The van der Waals surface area contributed by atoms with Crippen molar-refractivity contribution in [3.05, 3.63) is 30.0 Å². The van der Waals surface area contributed by atoms with Gasteiger partial charge in [-0.3, -0.25) is 4.79 Å². The fraction of sp³-hybridized carbons (Fsp3) is 0.500. The SMILES string of the molecule is CCN(CC)CCCNC(N)=NC(=O)c1cc2c(OC(C)C)cccc2[nH]1. The van der Waals surface area contributed by atoms with Crippen LogP contribution in [0.1, 0.15) is 44.6 Å². The summed E-state index contributed by atoms with van der Waals surface area (Å²) in [5, 5.41) is 3.86. The number of amides is 1. The predicted molar refractivity (Wildman–Crippen MR) is 110 cm³/mol. The number of hydrogen-bond donors (Lipinski definition) is 3. The van der Waals surface area contributed by atoms with E-state index in [-0.39, 0.29) is 12.1 Å². The first-order chi connectivity index (χ1) is 12.9. The van der Waals surface area contributed by atoms with Gasteiger partial charge in [-0.1, -0.05) is 19.9 Å². The fourth-order valence-electron chi connectivity index (χ4n) is 2.87. The molecule has 0 aliphatic heterocycles. The zero-order valence-corrected chi connectivity index (χ0v) is 16.7. The van der Waals surface area contributed by atoms with E-state index in [0.29, 0.717) is 12.2 Å². The summed E-state index contributed by atoms with van der Waals surface area (Å²) >= 11 is 0. The first-order valence-corrected chi connectivity index (χ1v) is 9.57. The number of nitrogens with one attached hydrogen (secondary N) is 2. The summed E-state index contributed by atoms with van der Waals surface area (Å²) in [6.45, 7) is 11.9. The molecule has 2 aromatic rings. The van der Waals surface area contributed by atoms with Crippen LogP contribution < -0.4 is 15.8 Å². The van der Waals surface area contributed by atoms with E-state index in [4.69, 9.17) is 10.5 Å². The Morgan fingerprint density at radius 1 is 1.33 bits per heavy atom. The lowest BCUT2D eigenvalue weighted by molar-refractivity contribution is 0.0998. The third-order valence-corrected chi connectivity index (χ3v) is 4.29. The average Bonchev–Trinajstić information content (AvgIpc) is 3.07. The van der Waals surface area contributed by atoms with Gasteiger partial charge in [0.25, 0.3) is 5.91 Å². The lowest BCUT2D eigenvalue weighted by Crippen LogP contribution is -2.35. The van der Waals surface area contributed by atoms with Crippen molar-refractivity contribution in [2.75, 3.05) is 26.2 Å². The molecule has 0 bridgehead atoms. The van der Waals surface area contributed by atoms with Crippen molar-refractivity contribution in [3.63, 3.8) is 0 Å². The monoisotopic (exact) mass is 373 g/mol. The Morgan fingerprint density at radius 2 is 2.07 bits per heavy atom. The predicted octanol–water partition coefficient (Wildman–Crippen LogP) is 2.73. The highest BCUT2D eigenvalue weighted by Crippen LogP contribution is 2.27. The van der Waals surface area contributed by atoms with Crippen LogP contribution in [0, 0.1) is 0 Å². The Hall–Kier alpha value is -2.54. The van der Waals surface area contributed by atoms with Crippen LogP contribution in [0.3, 0.4) is 0 Å². The van der Waals surface area contributed by atoms with Crippen molar-refractivity contribution in [2.45, 2.75) is 40.2 Å². The maximum Gasteiger partial charge on any atom is 0.296 e. The summed E-state index contributed by atoms with van der Waals surface area (Å²) in [5.74, 6) is 0.469. The Balaban J connectivity index is 1.99. The van der Waals surface area contributed by atoms with Crippen LogP contribution in [0.5, 0.6) is 5.75 Å². The molecule has 1 heterocycles. The number of aromatic amines is 1. The molecule has 0 unspecified atom stereocenters. The van der Waals surface area contributed by atoms with E-state index in [1.54, 1.807) is 6.07 Å². The summed E-state index contributed by atoms with van der Waals surface area (Å²) in [5.41, 5.74) is 7.07. The van der Waals surface area contributed by atoms with Crippen LogP contribution in [-0.4, -0.2) is 54.0 Å². The minimum Gasteiger partial charge on any atom is -0.490 e. The van der Waals surface area contributed by atoms with Crippen LogP contribution in [0.2, 0.25) is 0 Å². The third kappa shape index (κ3) is 5.99. The van der Waals surface area contributed by atoms with E-state index in [1.807, 2.05) is 32.0 Å². The standard InChI is InChI=1S/C20H31N5O2/c1-5-25(6-2)12-8-11-22-20(21)24-19(26)17-13-15-16(23-17)9-7-10-18(15)27-14(3)4/h7,9-10,13-14,23H,5-6,8,11-12H2,1-4H3,(H3,21,22,24,26). The van der Waals surface area contributed by atoms with E-state index in [1.165, 1.54) is 0 Å². The zero-order valence-electron chi connectivity index (χ0n) is 16.7. The Morgan fingerprint density at radius 3 is 2.74 bits per heavy atom. The number of rotatable bonds is 9. The van der Waals surface area contributed by atoms with Gasteiger partial charge in [-0.05, 0) is 58.1 Å². The second kappa shape index (κ2) is 9.97. The highest BCUT2D eigenvalue weighted by molar-refractivity contribution is 6.04. The molecule has 4 N–H and O–H groups in total. The quantitative estimate of drug-likeness (QED) is 0.357. The van der Waals surface area contributed by atoms with Gasteiger partial charge in [-0.2, -0.15) is 4.99 Å². The van der Waals surface area contributed by atoms with E-state index in [0.717, 1.165) is 42.7 Å². The molecule has 1 aromatic heterocycles. The van der Waals surface area contributed by atoms with Gasteiger partial charge in [-0.25, -0.2) is 0 Å². The summed E-state index contributed by atoms with van der Waals surface area (Å²) < 4.78 is 5.80. The van der Waals surface area contributed by atoms with Crippen LogP contribution in [-0.2, 0) is 0 Å². The normalized spacial score (nSPS) is 12.1. The summed E-state index contributed by atoms with van der Waals surface area (Å²) in [4.78, 5) is 21.8. The van der Waals surface area contributed by atoms with E-state index >= 15 is 0 Å². The molecule has 0 aliphatic carbocycles. The van der Waals surface area contributed by atoms with Gasteiger partial charge in [0, 0.05) is 17.4 Å². The number of carbonyl (C=O) groups is 1. The third-order valence-electron chi connectivity index (χ3n) is 4.29. The van der Waals surface area contributed by atoms with Crippen molar-refractivity contribution in [2.24, 2.45) is 10.7 Å². The number of aliphatic imine (C=N–C) groups is 1. The molecule has 1 amide bonds. The molecule has 0 radical (unpaired) electrons. The first kappa shape index (κ1) is 20.8. The molecule has 7 nitrogen and oxygen atoms in total. The molecule has 0 saturated carbocycles. The highest BCUT2D eigenvalue weighted by atomic mass is 16.5. The molecule has 7 heteroatoms. The molecule has 1 aromatic carbocycles. The number of H-pyrrole nitrogens is 1. The van der Waals surface area contributed by atoms with Gasteiger partial charge < -0.3 is 25.7 Å². The number of aromatic nitrogens is 1. The number of hydrogen-bond acceptors (Lipinski definition) is 3. The van der Waals surface area contributed by atoms with E-state index in [9.17, 15) is 4.79 Å². The number of nitrogens with zero attached hydrogens (tertiary/aromatic N) is 2. The summed E-state index contributed by atoms with van der Waals surface area (Å²) in [7, 11) is 0. The van der Waals surface area contributed by atoms with Gasteiger partial charge >= 0.3 is 0 Å². The number of fused-ring (bicyclic) bond motifs is 1. The number of ether oxygens (including phenoxy) is 1. The molecule has 148 valence electrons. The van der Waals surface area contributed by atoms with Gasteiger partial charge in [-0.15, -0.1) is 0 Å². The van der Waals surface area contributed by atoms with Crippen LogP contribution >= 0.6 is 0 Å². The Kier molecular flexibility index (Phi) is 7.67. The number of guanidine groups is 1. The molecule has 2 rings (SSSR count). The van der Waals surface area contributed by atoms with Crippen molar-refractivity contribution in [1.82, 2.24) is 15.2 Å². The molecule has 0 fully saturated rings. The van der Waals surface area contributed by atoms with Gasteiger partial charge in [0.2, 0.25) is 0 Å². The lowest BCUT2D eigenvalue weighted by Gasteiger charge is -2.17. The molecule has 0 saturated heterocycles. The molecular weight excluding hydrogens is 342 g/mol. The van der Waals surface area contributed by atoms with Crippen molar-refractivity contribution in [3.8, 4) is 5.75 Å². The molecule has 27 heavy (non-hydrogen) atoms. The van der Waals surface area contributed by atoms with Crippen LogP contribution in [0.15, 0.2) is 29.3 Å². The fourth-order valence-corrected chi connectivity index (χ4v) is 2.87. The maximum absolute atomic E-state index is 12.4. The molecule has 0 atom stereocenters. The smallest absolute Gasteiger partial charge is 0.296 e. The van der Waals surface area contributed by atoms with Gasteiger partial charge in [0.1, 0.15) is 11.4 Å². The Labute approximate surface area is 161 Å². The van der Waals surface area contributed by atoms with Crippen LogP contribution in [0.25, 0.3) is 10.9 Å². The second-order valence-corrected chi connectivity index (χ2v) is 6.68. The number of benzene rings is 1. The van der Waals surface area contributed by atoms with Crippen molar-refractivity contribution < 1.29 is 9.53 Å². The van der Waals surface area contributed by atoms with Crippen LogP contribution in [0.4, 0.5) is 0 Å². The minimum absolute atomic E-state index is 0.0545. The number of carbonyl (C=O) groups excluding carboxylic acids is 1. The molecule has 0 spiro atoms. The van der Waals surface area contributed by atoms with Crippen molar-refractivity contribution >= 4 is 22.8 Å². The molecule has 0 aliphatic rings. The molecular formula is C20H31N5O2. The van der Waals surface area contributed by atoms with E-state index in [2.05, 4.69) is 34.0 Å². The van der Waals surface area contributed by atoms with Gasteiger partial charge in [0.05, 0.1) is 6.10 Å². The maximum atomic E-state index is 12.4. The van der Waals surface area contributed by atoms with Gasteiger partial charge in [0.15, 0.2) is 5.96 Å². The topological polar surface area (TPSA) is 95.7 Å². The van der Waals surface area contributed by atoms with Crippen molar-refractivity contribution in [1.29, 1.82) is 0 Å². The number of nitrogens with two attached hydrogens (primary N) is 1. The zero-order chi connectivity index (χ0) is 19.8. The summed E-state index contributed by atoms with van der Waals surface area (Å²) in [6, 6.07) is 7.43. The summed E-state index contributed by atoms with van der Waals surface area (Å²) in [6.07, 6.45) is 0.993. The van der Waals surface area contributed by atoms with E-state index < -0.39 is 5.91 Å².